The van der Waals surface area contributed by atoms with Gasteiger partial charge in [-0.3, -0.25) is 14.6 Å². The first-order chi connectivity index (χ1) is 13.7. The maximum absolute atomic E-state index is 12.7. The molecule has 0 aromatic carbocycles. The minimum atomic E-state index is -0.145. The largest absolute Gasteiger partial charge is 0.329 e. The van der Waals surface area contributed by atoms with Crippen molar-refractivity contribution in [1.29, 1.82) is 0 Å². The van der Waals surface area contributed by atoms with Crippen LogP contribution in [0.5, 0.6) is 0 Å². The lowest BCUT2D eigenvalue weighted by atomic mass is 10.1. The van der Waals surface area contributed by atoms with Crippen molar-refractivity contribution in [2.45, 2.75) is 79.1 Å². The van der Waals surface area contributed by atoms with E-state index in [1.807, 2.05) is 14.1 Å². The van der Waals surface area contributed by atoms with Gasteiger partial charge < -0.3 is 4.90 Å². The first-order valence-corrected chi connectivity index (χ1v) is 11.7. The highest BCUT2D eigenvalue weighted by molar-refractivity contribution is 6.01. The quantitative estimate of drug-likeness (QED) is 0.278. The van der Waals surface area contributed by atoms with Crippen LogP contribution in [0.25, 0.3) is 0 Å². The van der Waals surface area contributed by atoms with E-state index in [2.05, 4.69) is 37.5 Å². The number of carbonyl (C=O) groups excluding carboxylic acids is 2. The van der Waals surface area contributed by atoms with Crippen molar-refractivity contribution in [2.75, 3.05) is 47.1 Å². The monoisotopic (exact) mass is 410 g/mol. The van der Waals surface area contributed by atoms with E-state index in [9.17, 15) is 9.59 Å². The molecule has 1 heterocycles. The van der Waals surface area contributed by atoms with Crippen LogP contribution in [0.15, 0.2) is 0 Å². The number of unbranched alkanes of at least 4 members (excludes halogenated alkanes) is 4. The summed E-state index contributed by atoms with van der Waals surface area (Å²) in [5.74, 6) is 1.45. The molecule has 6 nitrogen and oxygen atoms in total. The van der Waals surface area contributed by atoms with Crippen molar-refractivity contribution in [1.82, 2.24) is 19.6 Å². The van der Waals surface area contributed by atoms with E-state index in [1.54, 1.807) is 4.90 Å². The number of hydrogen-bond acceptors (Lipinski definition) is 4. The molecule has 0 saturated carbocycles. The van der Waals surface area contributed by atoms with Crippen molar-refractivity contribution in [3.05, 3.63) is 0 Å². The molecule has 0 atom stereocenters. The van der Waals surface area contributed by atoms with E-state index in [0.717, 1.165) is 37.8 Å². The SMILES string of the molecule is CC(C)CCCCCN(C)CN1CC(=O)N(CN(C)CCCCCC(C)C)C1=O. The Balaban J connectivity index is 2.27. The fourth-order valence-electron chi connectivity index (χ4n) is 3.74. The topological polar surface area (TPSA) is 47.1 Å². The van der Waals surface area contributed by atoms with Gasteiger partial charge >= 0.3 is 6.03 Å². The Kier molecular flexibility index (Phi) is 12.5. The molecule has 0 radical (unpaired) electrons. The minimum absolute atomic E-state index is 0.0769. The molecule has 0 bridgehead atoms. The number of imide groups is 1. The van der Waals surface area contributed by atoms with Crippen molar-refractivity contribution < 1.29 is 9.59 Å². The van der Waals surface area contributed by atoms with Crippen molar-refractivity contribution in [2.24, 2.45) is 11.8 Å². The molecule has 0 spiro atoms. The lowest BCUT2D eigenvalue weighted by Crippen LogP contribution is -2.43. The highest BCUT2D eigenvalue weighted by Crippen LogP contribution is 2.13. The van der Waals surface area contributed by atoms with E-state index in [-0.39, 0.29) is 18.5 Å². The molecule has 0 N–H and O–H groups in total. The highest BCUT2D eigenvalue weighted by Gasteiger charge is 2.36. The molecule has 3 amide bonds. The fraction of sp³-hybridized carbons (Fsp3) is 0.913. The Hall–Kier alpha value is -1.14. The zero-order valence-electron chi connectivity index (χ0n) is 20.0. The van der Waals surface area contributed by atoms with E-state index in [0.29, 0.717) is 13.3 Å². The van der Waals surface area contributed by atoms with Gasteiger partial charge in [0.2, 0.25) is 0 Å². The van der Waals surface area contributed by atoms with Gasteiger partial charge in [0.1, 0.15) is 6.54 Å². The van der Waals surface area contributed by atoms with Gasteiger partial charge in [-0.2, -0.15) is 0 Å². The lowest BCUT2D eigenvalue weighted by Gasteiger charge is -2.25. The van der Waals surface area contributed by atoms with Crippen molar-refractivity contribution >= 4 is 11.9 Å². The van der Waals surface area contributed by atoms with Crippen LogP contribution in [-0.4, -0.2) is 78.6 Å². The molecule has 170 valence electrons. The predicted molar refractivity (Wildman–Crippen MR) is 121 cm³/mol. The van der Waals surface area contributed by atoms with Gasteiger partial charge in [0.25, 0.3) is 5.91 Å². The molecular weight excluding hydrogens is 364 g/mol. The van der Waals surface area contributed by atoms with E-state index >= 15 is 0 Å². The zero-order valence-corrected chi connectivity index (χ0v) is 20.0. The second kappa shape index (κ2) is 14.0. The van der Waals surface area contributed by atoms with Gasteiger partial charge in [-0.1, -0.05) is 66.2 Å². The normalized spacial score (nSPS) is 15.2. The Morgan fingerprint density at radius 2 is 1.24 bits per heavy atom. The number of amides is 3. The van der Waals surface area contributed by atoms with Crippen LogP contribution in [0, 0.1) is 11.8 Å². The molecule has 1 saturated heterocycles. The van der Waals surface area contributed by atoms with Gasteiger partial charge in [0.05, 0.1) is 13.3 Å². The highest BCUT2D eigenvalue weighted by atomic mass is 16.2. The van der Waals surface area contributed by atoms with Crippen LogP contribution in [0.1, 0.15) is 79.1 Å². The average Bonchev–Trinajstić information content (AvgIpc) is 2.88. The van der Waals surface area contributed by atoms with Crippen molar-refractivity contribution in [3.8, 4) is 0 Å². The summed E-state index contributed by atoms with van der Waals surface area (Å²) >= 11 is 0. The molecule has 6 heteroatoms. The molecule has 0 aromatic heterocycles. The second-order valence-electron chi connectivity index (χ2n) is 9.73. The van der Waals surface area contributed by atoms with Crippen LogP contribution in [-0.2, 0) is 4.79 Å². The van der Waals surface area contributed by atoms with E-state index in [4.69, 9.17) is 0 Å². The number of carbonyl (C=O) groups is 2. The molecule has 1 aliphatic heterocycles. The number of hydrogen-bond donors (Lipinski definition) is 0. The molecule has 29 heavy (non-hydrogen) atoms. The maximum atomic E-state index is 12.7. The lowest BCUT2D eigenvalue weighted by molar-refractivity contribution is -0.126. The number of nitrogens with zero attached hydrogens (tertiary/aromatic N) is 4. The third-order valence-corrected chi connectivity index (χ3v) is 5.57. The Morgan fingerprint density at radius 1 is 0.759 bits per heavy atom. The standard InChI is InChI=1S/C23H46N4O2/c1-20(2)13-9-7-11-15-24(5)18-26-17-22(28)27(23(26)29)19-25(6)16-12-8-10-14-21(3)4/h20-21H,7-19H2,1-6H3. The summed E-state index contributed by atoms with van der Waals surface area (Å²) in [4.78, 5) is 32.3. The summed E-state index contributed by atoms with van der Waals surface area (Å²) in [6.07, 6.45) is 9.76. The van der Waals surface area contributed by atoms with Gasteiger partial charge in [0.15, 0.2) is 0 Å². The summed E-state index contributed by atoms with van der Waals surface area (Å²) in [6, 6.07) is -0.145. The van der Waals surface area contributed by atoms with Gasteiger partial charge in [0, 0.05) is 0 Å². The average molecular weight is 411 g/mol. The van der Waals surface area contributed by atoms with Crippen LogP contribution >= 0.6 is 0 Å². The fourth-order valence-corrected chi connectivity index (χ4v) is 3.74. The van der Waals surface area contributed by atoms with Gasteiger partial charge in [-0.05, 0) is 51.9 Å². The van der Waals surface area contributed by atoms with E-state index in [1.165, 1.54) is 43.4 Å². The molecule has 1 fully saturated rings. The number of rotatable bonds is 16. The maximum Gasteiger partial charge on any atom is 0.329 e. The molecular formula is C23H46N4O2. The van der Waals surface area contributed by atoms with Gasteiger partial charge in [-0.25, -0.2) is 9.69 Å². The number of urea groups is 1. The van der Waals surface area contributed by atoms with E-state index < -0.39 is 0 Å². The smallest absolute Gasteiger partial charge is 0.302 e. The minimum Gasteiger partial charge on any atom is -0.302 e. The van der Waals surface area contributed by atoms with Crippen LogP contribution in [0.2, 0.25) is 0 Å². The molecule has 1 aliphatic rings. The third kappa shape index (κ3) is 11.0. The molecule has 0 unspecified atom stereocenters. The van der Waals surface area contributed by atoms with Crippen LogP contribution in [0.3, 0.4) is 0 Å². The Bertz CT molecular complexity index is 481. The third-order valence-electron chi connectivity index (χ3n) is 5.57. The summed E-state index contributed by atoms with van der Waals surface area (Å²) < 4.78 is 0. The van der Waals surface area contributed by atoms with Crippen molar-refractivity contribution in [3.63, 3.8) is 0 Å². The second-order valence-corrected chi connectivity index (χ2v) is 9.73. The van der Waals surface area contributed by atoms with Gasteiger partial charge in [-0.15, -0.1) is 0 Å². The molecule has 0 aliphatic carbocycles. The summed E-state index contributed by atoms with van der Waals surface area (Å²) in [7, 11) is 4.03. The summed E-state index contributed by atoms with van der Waals surface area (Å²) in [5, 5.41) is 0. The first kappa shape index (κ1) is 25.9. The Labute approximate surface area is 179 Å². The summed E-state index contributed by atoms with van der Waals surface area (Å²) in [5.41, 5.74) is 0. The summed E-state index contributed by atoms with van der Waals surface area (Å²) in [6.45, 7) is 12.1. The molecule has 1 rings (SSSR count). The van der Waals surface area contributed by atoms with Crippen LogP contribution < -0.4 is 0 Å². The molecule has 0 aromatic rings. The first-order valence-electron chi connectivity index (χ1n) is 11.7. The van der Waals surface area contributed by atoms with Crippen LogP contribution in [0.4, 0.5) is 4.79 Å². The Morgan fingerprint density at radius 3 is 1.72 bits per heavy atom. The predicted octanol–water partition coefficient (Wildman–Crippen LogP) is 4.46. The zero-order chi connectivity index (χ0) is 21.8.